The first-order chi connectivity index (χ1) is 14.0. The molecule has 0 aliphatic carbocycles. The van der Waals surface area contributed by atoms with Gasteiger partial charge < -0.3 is 19.3 Å². The second-order valence-corrected chi connectivity index (χ2v) is 7.36. The molecule has 0 amide bonds. The van der Waals surface area contributed by atoms with Crippen molar-refractivity contribution in [3.63, 3.8) is 0 Å². The molecule has 8 heteroatoms. The number of hydrogen-bond acceptors (Lipinski definition) is 7. The van der Waals surface area contributed by atoms with Crippen LogP contribution >= 0.6 is 0 Å². The molecule has 2 aliphatic heterocycles. The van der Waals surface area contributed by atoms with Gasteiger partial charge in [0.2, 0.25) is 5.95 Å². The standard InChI is InChI=1S/C21H25FN4O3/c1-3-28-21(27)18-8-15-4-5-26(13-16(15)11-23-18)20-10-17(9-19(22)24-20)25-6-7-29-14(2)12-25/h8-11,14H,3-7,12-13H2,1-2H3. The zero-order valence-electron chi connectivity index (χ0n) is 16.7. The fourth-order valence-corrected chi connectivity index (χ4v) is 3.82. The van der Waals surface area contributed by atoms with Crippen LogP contribution < -0.4 is 9.80 Å². The van der Waals surface area contributed by atoms with E-state index in [2.05, 4.69) is 14.9 Å². The first-order valence-corrected chi connectivity index (χ1v) is 9.97. The van der Waals surface area contributed by atoms with Crippen LogP contribution in [-0.4, -0.2) is 54.9 Å². The number of morpholine rings is 1. The molecule has 1 atom stereocenters. The van der Waals surface area contributed by atoms with E-state index in [1.165, 1.54) is 6.07 Å². The average Bonchev–Trinajstić information content (AvgIpc) is 2.72. The molecule has 1 fully saturated rings. The number of esters is 1. The van der Waals surface area contributed by atoms with Crippen molar-refractivity contribution in [2.45, 2.75) is 32.9 Å². The Kier molecular flexibility index (Phi) is 5.62. The Morgan fingerprint density at radius 2 is 2.14 bits per heavy atom. The molecular weight excluding hydrogens is 375 g/mol. The van der Waals surface area contributed by atoms with E-state index >= 15 is 0 Å². The highest BCUT2D eigenvalue weighted by atomic mass is 19.1. The van der Waals surface area contributed by atoms with Crippen molar-refractivity contribution in [3.05, 3.63) is 47.2 Å². The third kappa shape index (κ3) is 4.32. The van der Waals surface area contributed by atoms with Crippen molar-refractivity contribution in [1.82, 2.24) is 9.97 Å². The van der Waals surface area contributed by atoms with Crippen LogP contribution in [0.3, 0.4) is 0 Å². The predicted octanol–water partition coefficient (Wildman–Crippen LogP) is 2.58. The maximum atomic E-state index is 14.3. The molecule has 2 aromatic heterocycles. The third-order valence-electron chi connectivity index (χ3n) is 5.28. The van der Waals surface area contributed by atoms with Gasteiger partial charge in [-0.1, -0.05) is 0 Å². The second-order valence-electron chi connectivity index (χ2n) is 7.36. The molecule has 29 heavy (non-hydrogen) atoms. The molecule has 1 unspecified atom stereocenters. The number of halogens is 1. The molecule has 4 rings (SSSR count). The zero-order valence-corrected chi connectivity index (χ0v) is 16.7. The van der Waals surface area contributed by atoms with Gasteiger partial charge in [-0.3, -0.25) is 0 Å². The van der Waals surface area contributed by atoms with Crippen molar-refractivity contribution in [2.24, 2.45) is 0 Å². The number of anilines is 2. The fourth-order valence-electron chi connectivity index (χ4n) is 3.82. The number of pyridine rings is 2. The molecule has 2 aromatic rings. The Labute approximate surface area is 169 Å². The summed E-state index contributed by atoms with van der Waals surface area (Å²) in [5.41, 5.74) is 3.23. The van der Waals surface area contributed by atoms with Crippen molar-refractivity contribution in [1.29, 1.82) is 0 Å². The fraction of sp³-hybridized carbons (Fsp3) is 0.476. The quantitative estimate of drug-likeness (QED) is 0.577. The molecule has 0 bridgehead atoms. The van der Waals surface area contributed by atoms with Crippen LogP contribution in [0.4, 0.5) is 15.9 Å². The van der Waals surface area contributed by atoms with Crippen LogP contribution in [-0.2, 0) is 22.4 Å². The Bertz CT molecular complexity index is 907. The lowest BCUT2D eigenvalue weighted by molar-refractivity contribution is 0.0518. The van der Waals surface area contributed by atoms with Gasteiger partial charge in [-0.25, -0.2) is 14.8 Å². The summed E-state index contributed by atoms with van der Waals surface area (Å²) in [6.07, 6.45) is 2.55. The SMILES string of the molecule is CCOC(=O)c1cc2c(cn1)CN(c1cc(N3CCOC(C)C3)cc(F)n1)CC2. The number of carbonyl (C=O) groups excluding carboxylic acids is 1. The van der Waals surface area contributed by atoms with Crippen LogP contribution in [0.1, 0.15) is 35.5 Å². The van der Waals surface area contributed by atoms with E-state index in [4.69, 9.17) is 9.47 Å². The maximum Gasteiger partial charge on any atom is 0.356 e. The summed E-state index contributed by atoms with van der Waals surface area (Å²) in [4.78, 5) is 24.4. The highest BCUT2D eigenvalue weighted by Gasteiger charge is 2.23. The molecule has 0 spiro atoms. The van der Waals surface area contributed by atoms with Crippen LogP contribution in [0.2, 0.25) is 0 Å². The molecule has 4 heterocycles. The number of nitrogens with zero attached hydrogens (tertiary/aromatic N) is 4. The third-order valence-corrected chi connectivity index (χ3v) is 5.28. The number of fused-ring (bicyclic) bond motifs is 1. The summed E-state index contributed by atoms with van der Waals surface area (Å²) < 4.78 is 24.9. The zero-order chi connectivity index (χ0) is 20.4. The first kappa shape index (κ1) is 19.6. The molecule has 1 saturated heterocycles. The molecule has 0 radical (unpaired) electrons. The minimum Gasteiger partial charge on any atom is -0.461 e. The van der Waals surface area contributed by atoms with Crippen LogP contribution in [0.15, 0.2) is 24.4 Å². The summed E-state index contributed by atoms with van der Waals surface area (Å²) in [6.45, 7) is 7.46. The molecule has 0 aromatic carbocycles. The van der Waals surface area contributed by atoms with Crippen molar-refractivity contribution in [3.8, 4) is 0 Å². The molecule has 154 valence electrons. The van der Waals surface area contributed by atoms with E-state index in [-0.39, 0.29) is 6.10 Å². The number of rotatable bonds is 4. The van der Waals surface area contributed by atoms with Crippen molar-refractivity contribution < 1.29 is 18.7 Å². The number of hydrogen-bond donors (Lipinski definition) is 0. The first-order valence-electron chi connectivity index (χ1n) is 9.97. The average molecular weight is 400 g/mol. The number of carbonyl (C=O) groups is 1. The van der Waals surface area contributed by atoms with Gasteiger partial charge in [0.15, 0.2) is 0 Å². The van der Waals surface area contributed by atoms with Gasteiger partial charge in [0.25, 0.3) is 0 Å². The number of ether oxygens (including phenoxy) is 2. The largest absolute Gasteiger partial charge is 0.461 e. The second kappa shape index (κ2) is 8.32. The molecule has 7 nitrogen and oxygen atoms in total. The Balaban J connectivity index is 1.54. The summed E-state index contributed by atoms with van der Waals surface area (Å²) in [5, 5.41) is 0. The van der Waals surface area contributed by atoms with E-state index < -0.39 is 11.9 Å². The highest BCUT2D eigenvalue weighted by Crippen LogP contribution is 2.28. The van der Waals surface area contributed by atoms with E-state index in [0.717, 1.165) is 36.3 Å². The van der Waals surface area contributed by atoms with Crippen molar-refractivity contribution >= 4 is 17.5 Å². The van der Waals surface area contributed by atoms with Gasteiger partial charge in [-0.05, 0) is 37.5 Å². The molecular formula is C21H25FN4O3. The minimum absolute atomic E-state index is 0.116. The summed E-state index contributed by atoms with van der Waals surface area (Å²) in [6, 6.07) is 5.21. The minimum atomic E-state index is -0.488. The number of aromatic nitrogens is 2. The van der Waals surface area contributed by atoms with E-state index in [1.807, 2.05) is 17.9 Å². The van der Waals surface area contributed by atoms with Gasteiger partial charge >= 0.3 is 5.97 Å². The van der Waals surface area contributed by atoms with Gasteiger partial charge in [0, 0.05) is 50.2 Å². The van der Waals surface area contributed by atoms with Crippen LogP contribution in [0.5, 0.6) is 0 Å². The highest BCUT2D eigenvalue weighted by molar-refractivity contribution is 5.87. The normalized spacial score (nSPS) is 19.1. The molecule has 2 aliphatic rings. The Morgan fingerprint density at radius 1 is 1.28 bits per heavy atom. The lowest BCUT2D eigenvalue weighted by atomic mass is 10.0. The summed E-state index contributed by atoms with van der Waals surface area (Å²) in [5.74, 6) is -0.286. The lowest BCUT2D eigenvalue weighted by Gasteiger charge is -2.34. The summed E-state index contributed by atoms with van der Waals surface area (Å²) in [7, 11) is 0. The van der Waals surface area contributed by atoms with Gasteiger partial charge in [0.1, 0.15) is 11.5 Å². The lowest BCUT2D eigenvalue weighted by Crippen LogP contribution is -2.41. The van der Waals surface area contributed by atoms with Gasteiger partial charge in [-0.2, -0.15) is 4.39 Å². The topological polar surface area (TPSA) is 67.8 Å². The predicted molar refractivity (Wildman–Crippen MR) is 107 cm³/mol. The van der Waals surface area contributed by atoms with Gasteiger partial charge in [-0.15, -0.1) is 0 Å². The van der Waals surface area contributed by atoms with E-state index in [9.17, 15) is 9.18 Å². The van der Waals surface area contributed by atoms with Gasteiger partial charge in [0.05, 0.1) is 19.3 Å². The maximum absolute atomic E-state index is 14.3. The summed E-state index contributed by atoms with van der Waals surface area (Å²) >= 11 is 0. The van der Waals surface area contributed by atoms with Crippen molar-refractivity contribution in [2.75, 3.05) is 42.6 Å². The van der Waals surface area contributed by atoms with Crippen LogP contribution in [0.25, 0.3) is 0 Å². The smallest absolute Gasteiger partial charge is 0.356 e. The molecule has 0 saturated carbocycles. The van der Waals surface area contributed by atoms with E-state index in [1.54, 1.807) is 19.2 Å². The Hall–Kier alpha value is -2.74. The molecule has 0 N–H and O–H groups in total. The Morgan fingerprint density at radius 3 is 2.93 bits per heavy atom. The van der Waals surface area contributed by atoms with Crippen LogP contribution in [0, 0.1) is 5.95 Å². The van der Waals surface area contributed by atoms with E-state index in [0.29, 0.717) is 37.8 Å². The monoisotopic (exact) mass is 400 g/mol.